The Kier molecular flexibility index (Phi) is 11.1. The van der Waals surface area contributed by atoms with Crippen molar-refractivity contribution in [2.24, 2.45) is 5.92 Å². The van der Waals surface area contributed by atoms with Crippen LogP contribution in [-0.2, 0) is 6.11 Å². The van der Waals surface area contributed by atoms with Crippen molar-refractivity contribution < 1.29 is 57.8 Å². The molecule has 1 aliphatic carbocycles. The second-order valence-corrected chi connectivity index (χ2v) is 10.5. The lowest BCUT2D eigenvalue weighted by Gasteiger charge is -2.20. The van der Waals surface area contributed by atoms with Crippen molar-refractivity contribution in [2.75, 3.05) is 0 Å². The van der Waals surface area contributed by atoms with E-state index in [9.17, 15) is 48.3 Å². The van der Waals surface area contributed by atoms with E-state index in [4.69, 9.17) is 0 Å². The van der Waals surface area contributed by atoms with E-state index >= 15 is 0 Å². The van der Waals surface area contributed by atoms with Crippen LogP contribution in [0.1, 0.15) is 61.3 Å². The number of hydrogen-bond donors (Lipinski definition) is 0. The van der Waals surface area contributed by atoms with Gasteiger partial charge in [0.1, 0.15) is 34.6 Å². The average molecular weight is 685 g/mol. The quantitative estimate of drug-likeness (QED) is 0.134. The number of allylic oxidation sites excluding steroid dienone is 4. The second-order valence-electron chi connectivity index (χ2n) is 10.5. The van der Waals surface area contributed by atoms with Crippen molar-refractivity contribution >= 4 is 0 Å². The van der Waals surface area contributed by atoms with Crippen molar-refractivity contribution in [3.8, 4) is 35.2 Å². The molecule has 252 valence electrons. The predicted molar refractivity (Wildman–Crippen MR) is 153 cm³/mol. The molecule has 2 nitrogen and oxygen atoms in total. The monoisotopic (exact) mass is 684 g/mol. The summed E-state index contributed by atoms with van der Waals surface area (Å²) in [6, 6.07) is 2.10. The molecule has 0 heterocycles. The fourth-order valence-electron chi connectivity index (χ4n) is 4.60. The molecule has 4 rings (SSSR count). The molecule has 0 amide bonds. The standard InChI is InChI=1S/C35H23F11O2/c1-2-3-4-5-20-6-8-21(9-7-20)10-11-22-14-28(38)32(29(39)15-22)34(42,43)47-24-18-26(36)25(27(37)19-24)13-12-23-16-30(40)33(31(41)17-23)48-35(44,45)46/h6,8-9,14-20H,2-5,7H2,1H3. The van der Waals surface area contributed by atoms with Gasteiger partial charge < -0.3 is 9.47 Å². The van der Waals surface area contributed by atoms with E-state index < -0.39 is 75.6 Å². The molecule has 0 aliphatic heterocycles. The van der Waals surface area contributed by atoms with Gasteiger partial charge in [-0.2, -0.15) is 8.78 Å². The van der Waals surface area contributed by atoms with Crippen LogP contribution in [0, 0.1) is 64.5 Å². The van der Waals surface area contributed by atoms with Crippen molar-refractivity contribution in [1.82, 2.24) is 0 Å². The molecule has 0 N–H and O–H groups in total. The average Bonchev–Trinajstić information content (AvgIpc) is 2.97. The molecule has 3 aromatic carbocycles. The van der Waals surface area contributed by atoms with E-state index in [0.717, 1.165) is 32.1 Å². The summed E-state index contributed by atoms with van der Waals surface area (Å²) in [4.78, 5) is 0. The lowest BCUT2D eigenvalue weighted by Crippen LogP contribution is -2.25. The van der Waals surface area contributed by atoms with Crippen LogP contribution < -0.4 is 9.47 Å². The van der Waals surface area contributed by atoms with Gasteiger partial charge >= 0.3 is 12.5 Å². The van der Waals surface area contributed by atoms with Crippen LogP contribution in [0.2, 0.25) is 0 Å². The third kappa shape index (κ3) is 9.34. The predicted octanol–water partition coefficient (Wildman–Crippen LogP) is 10.4. The van der Waals surface area contributed by atoms with Crippen molar-refractivity contribution in [3.63, 3.8) is 0 Å². The first kappa shape index (κ1) is 35.9. The SMILES string of the molecule is CCCCCC1C=CC(C#Cc2cc(F)c(C(F)(F)Oc3cc(F)c(C#Cc4cc(F)c(OC(F)(F)F)c(F)c4)c(F)c3)c(F)c2)=CC1. The lowest BCUT2D eigenvalue weighted by molar-refractivity contribution is -0.276. The third-order valence-corrected chi connectivity index (χ3v) is 6.86. The number of rotatable bonds is 8. The van der Waals surface area contributed by atoms with Crippen LogP contribution in [0.4, 0.5) is 48.3 Å². The van der Waals surface area contributed by atoms with Crippen LogP contribution in [0.5, 0.6) is 11.5 Å². The number of alkyl halides is 5. The molecule has 13 heteroatoms. The molecule has 1 unspecified atom stereocenters. The summed E-state index contributed by atoms with van der Waals surface area (Å²) < 4.78 is 161. The van der Waals surface area contributed by atoms with E-state index in [2.05, 4.69) is 28.2 Å². The molecular formula is C35H23F11O2. The minimum Gasteiger partial charge on any atom is -0.429 e. The number of hydrogen-bond acceptors (Lipinski definition) is 2. The highest BCUT2D eigenvalue weighted by Crippen LogP contribution is 2.36. The highest BCUT2D eigenvalue weighted by molar-refractivity contribution is 5.49. The number of ether oxygens (including phenoxy) is 2. The van der Waals surface area contributed by atoms with E-state index in [1.165, 1.54) is 0 Å². The van der Waals surface area contributed by atoms with Crippen molar-refractivity contribution in [3.05, 3.63) is 117 Å². The number of halogens is 11. The highest BCUT2D eigenvalue weighted by atomic mass is 19.4. The molecule has 0 spiro atoms. The van der Waals surface area contributed by atoms with E-state index in [-0.39, 0.29) is 17.7 Å². The Morgan fingerprint density at radius 1 is 0.688 bits per heavy atom. The number of benzene rings is 3. The molecule has 0 aromatic heterocycles. The maximum absolute atomic E-state index is 14.9. The molecule has 3 aromatic rings. The van der Waals surface area contributed by atoms with Crippen molar-refractivity contribution in [2.45, 2.75) is 51.5 Å². The largest absolute Gasteiger partial charge is 0.573 e. The highest BCUT2D eigenvalue weighted by Gasteiger charge is 2.41. The first-order valence-electron chi connectivity index (χ1n) is 14.3. The van der Waals surface area contributed by atoms with Crippen molar-refractivity contribution in [1.29, 1.82) is 0 Å². The van der Waals surface area contributed by atoms with Gasteiger partial charge in [-0.1, -0.05) is 68.1 Å². The Labute approximate surface area is 267 Å². The van der Waals surface area contributed by atoms with Crippen LogP contribution in [0.3, 0.4) is 0 Å². The fraction of sp³-hybridized carbons (Fsp3) is 0.257. The summed E-state index contributed by atoms with van der Waals surface area (Å²) in [5.41, 5.74) is -3.30. The van der Waals surface area contributed by atoms with E-state index in [1.54, 1.807) is 6.08 Å². The Hall–Kier alpha value is -4.91. The van der Waals surface area contributed by atoms with Gasteiger partial charge in [0.15, 0.2) is 11.6 Å². The topological polar surface area (TPSA) is 18.5 Å². The first-order valence-corrected chi connectivity index (χ1v) is 14.3. The van der Waals surface area contributed by atoms with E-state index in [0.29, 0.717) is 35.8 Å². The maximum Gasteiger partial charge on any atom is 0.573 e. The smallest absolute Gasteiger partial charge is 0.429 e. The molecule has 1 atom stereocenters. The van der Waals surface area contributed by atoms with Gasteiger partial charge in [0.05, 0.1) is 5.56 Å². The zero-order valence-corrected chi connectivity index (χ0v) is 24.8. The van der Waals surface area contributed by atoms with Crippen LogP contribution in [0.25, 0.3) is 0 Å². The Morgan fingerprint density at radius 2 is 1.25 bits per heavy atom. The maximum atomic E-state index is 14.9. The van der Waals surface area contributed by atoms with Crippen LogP contribution >= 0.6 is 0 Å². The molecule has 1 aliphatic rings. The summed E-state index contributed by atoms with van der Waals surface area (Å²) >= 11 is 0. The van der Waals surface area contributed by atoms with Gasteiger partial charge in [-0.25, -0.2) is 26.3 Å². The number of unbranched alkanes of at least 4 members (excludes halogenated alkanes) is 2. The molecule has 0 saturated heterocycles. The second kappa shape index (κ2) is 14.9. The minimum absolute atomic E-state index is 0.206. The summed E-state index contributed by atoms with van der Waals surface area (Å²) in [6.07, 6.45) is 0.512. The zero-order chi connectivity index (χ0) is 35.2. The molecule has 0 saturated carbocycles. The summed E-state index contributed by atoms with van der Waals surface area (Å²) in [7, 11) is 0. The Bertz CT molecular complexity index is 1800. The van der Waals surface area contributed by atoms with Gasteiger partial charge in [-0.15, -0.1) is 13.2 Å². The molecular weight excluding hydrogens is 661 g/mol. The summed E-state index contributed by atoms with van der Waals surface area (Å²) in [6.45, 7) is 2.10. The zero-order valence-electron chi connectivity index (χ0n) is 24.8. The molecule has 0 fully saturated rings. The lowest BCUT2D eigenvalue weighted by atomic mass is 9.92. The Morgan fingerprint density at radius 3 is 1.77 bits per heavy atom. The molecule has 0 radical (unpaired) electrons. The Balaban J connectivity index is 1.49. The van der Waals surface area contributed by atoms with E-state index in [1.807, 2.05) is 24.0 Å². The summed E-state index contributed by atoms with van der Waals surface area (Å²) in [5, 5.41) is 0. The van der Waals surface area contributed by atoms with Gasteiger partial charge in [-0.3, -0.25) is 0 Å². The van der Waals surface area contributed by atoms with Crippen LogP contribution in [-0.4, -0.2) is 6.36 Å². The normalized spacial score (nSPS) is 14.4. The minimum atomic E-state index is -5.42. The van der Waals surface area contributed by atoms with Crippen LogP contribution in [0.15, 0.2) is 60.2 Å². The summed E-state index contributed by atoms with van der Waals surface area (Å²) in [5.74, 6) is -4.05. The van der Waals surface area contributed by atoms with Gasteiger partial charge in [-0.05, 0) is 43.0 Å². The van der Waals surface area contributed by atoms with Gasteiger partial charge in [0.25, 0.3) is 0 Å². The fourth-order valence-corrected chi connectivity index (χ4v) is 4.60. The first-order chi connectivity index (χ1) is 22.6. The van der Waals surface area contributed by atoms with Gasteiger partial charge in [0.2, 0.25) is 5.75 Å². The molecule has 48 heavy (non-hydrogen) atoms. The molecule has 0 bridgehead atoms. The van der Waals surface area contributed by atoms with Gasteiger partial charge in [0, 0.05) is 28.8 Å². The third-order valence-electron chi connectivity index (χ3n) is 6.86.